The van der Waals surface area contributed by atoms with Crippen molar-refractivity contribution >= 4 is 0 Å². The van der Waals surface area contributed by atoms with E-state index in [1.807, 2.05) is 6.07 Å². The fourth-order valence-corrected chi connectivity index (χ4v) is 2.33. The number of fused-ring (bicyclic) bond motifs is 1. The van der Waals surface area contributed by atoms with Crippen molar-refractivity contribution in [2.24, 2.45) is 0 Å². The molecule has 1 aliphatic heterocycles. The molecular weight excluding hydrogens is 315 g/mol. The van der Waals surface area contributed by atoms with Crippen LogP contribution in [0.3, 0.4) is 0 Å². The number of hydrogen-bond donors (Lipinski definition) is 2. The molecule has 1 atom stereocenters. The van der Waals surface area contributed by atoms with Gasteiger partial charge in [0.2, 0.25) is 5.88 Å². The summed E-state index contributed by atoms with van der Waals surface area (Å²) in [4.78, 5) is 19.7. The van der Waals surface area contributed by atoms with Crippen molar-refractivity contribution in [3.05, 3.63) is 40.1 Å². The van der Waals surface area contributed by atoms with Gasteiger partial charge < -0.3 is 10.5 Å². The molecule has 10 heteroatoms. The van der Waals surface area contributed by atoms with Gasteiger partial charge in [-0.3, -0.25) is 9.78 Å². The maximum absolute atomic E-state index is 13.1. The largest absolute Gasteiger partial charge is 0.493 e. The first-order chi connectivity index (χ1) is 10.8. The van der Waals surface area contributed by atoms with Gasteiger partial charge in [-0.1, -0.05) is 0 Å². The van der Waals surface area contributed by atoms with Crippen molar-refractivity contribution in [3.63, 3.8) is 0 Å². The van der Waals surface area contributed by atoms with E-state index in [9.17, 15) is 23.1 Å². The molecular formula is C13H8F3N5O2. The SMILES string of the molecule is N#CC1CNn2c1nc(O)c(-c1ncccc1C(F)(F)F)c2=O. The molecule has 0 bridgehead atoms. The predicted molar refractivity (Wildman–Crippen MR) is 71.0 cm³/mol. The molecule has 2 N–H and O–H groups in total. The summed E-state index contributed by atoms with van der Waals surface area (Å²) in [6, 6.07) is 3.71. The summed E-state index contributed by atoms with van der Waals surface area (Å²) in [5, 5.41) is 18.9. The first-order valence-corrected chi connectivity index (χ1v) is 6.36. The lowest BCUT2D eigenvalue weighted by atomic mass is 10.1. The third-order valence-electron chi connectivity index (χ3n) is 3.36. The van der Waals surface area contributed by atoms with Gasteiger partial charge in [0.15, 0.2) is 5.82 Å². The van der Waals surface area contributed by atoms with Crippen LogP contribution in [0.4, 0.5) is 13.2 Å². The Hall–Kier alpha value is -3.09. The van der Waals surface area contributed by atoms with E-state index in [1.54, 1.807) is 0 Å². The van der Waals surface area contributed by atoms with E-state index < -0.39 is 40.4 Å². The second kappa shape index (κ2) is 4.98. The van der Waals surface area contributed by atoms with E-state index in [-0.39, 0.29) is 12.4 Å². The van der Waals surface area contributed by atoms with Crippen molar-refractivity contribution in [1.82, 2.24) is 14.6 Å². The van der Waals surface area contributed by atoms with Crippen LogP contribution < -0.4 is 11.0 Å². The van der Waals surface area contributed by atoms with E-state index in [4.69, 9.17) is 5.26 Å². The predicted octanol–water partition coefficient (Wildman–Crippen LogP) is 1.19. The second-order valence-electron chi connectivity index (χ2n) is 4.75. The van der Waals surface area contributed by atoms with Gasteiger partial charge in [-0.15, -0.1) is 0 Å². The van der Waals surface area contributed by atoms with Gasteiger partial charge in [0, 0.05) is 6.20 Å². The summed E-state index contributed by atoms with van der Waals surface area (Å²) in [7, 11) is 0. The molecule has 2 aromatic heterocycles. The quantitative estimate of drug-likeness (QED) is 0.817. The Morgan fingerprint density at radius 2 is 2.22 bits per heavy atom. The van der Waals surface area contributed by atoms with Gasteiger partial charge in [-0.25, -0.2) is 4.68 Å². The number of nitrogens with one attached hydrogen (secondary N) is 1. The van der Waals surface area contributed by atoms with Crippen molar-refractivity contribution in [3.8, 4) is 23.2 Å². The normalized spacial score (nSPS) is 16.5. The summed E-state index contributed by atoms with van der Waals surface area (Å²) in [5.41, 5.74) is -0.937. The van der Waals surface area contributed by atoms with E-state index in [0.717, 1.165) is 23.0 Å². The maximum atomic E-state index is 13.1. The first-order valence-electron chi connectivity index (χ1n) is 6.36. The van der Waals surface area contributed by atoms with Crippen LogP contribution in [0.25, 0.3) is 11.3 Å². The molecule has 1 unspecified atom stereocenters. The average Bonchev–Trinajstić information content (AvgIpc) is 2.89. The van der Waals surface area contributed by atoms with Gasteiger partial charge >= 0.3 is 6.18 Å². The Morgan fingerprint density at radius 1 is 1.48 bits per heavy atom. The molecule has 0 saturated heterocycles. The average molecular weight is 323 g/mol. The lowest BCUT2D eigenvalue weighted by Gasteiger charge is -2.13. The minimum absolute atomic E-state index is 0.0526. The van der Waals surface area contributed by atoms with Crippen LogP contribution in [0.15, 0.2) is 23.1 Å². The number of nitriles is 1. The Balaban J connectivity index is 2.29. The van der Waals surface area contributed by atoms with Gasteiger partial charge in [-0.05, 0) is 12.1 Å². The zero-order valence-electron chi connectivity index (χ0n) is 11.3. The minimum atomic E-state index is -4.76. The van der Waals surface area contributed by atoms with Crippen molar-refractivity contribution in [2.45, 2.75) is 12.1 Å². The number of pyridine rings is 1. The summed E-state index contributed by atoms with van der Waals surface area (Å²) >= 11 is 0. The molecule has 3 heterocycles. The molecule has 118 valence electrons. The smallest absolute Gasteiger partial charge is 0.418 e. The van der Waals surface area contributed by atoms with Crippen LogP contribution in [-0.2, 0) is 6.18 Å². The van der Waals surface area contributed by atoms with Crippen LogP contribution in [0, 0.1) is 11.3 Å². The zero-order valence-corrected chi connectivity index (χ0v) is 11.3. The highest BCUT2D eigenvalue weighted by Crippen LogP contribution is 2.37. The lowest BCUT2D eigenvalue weighted by molar-refractivity contribution is -0.137. The van der Waals surface area contributed by atoms with Gasteiger partial charge in [0.25, 0.3) is 5.56 Å². The highest BCUT2D eigenvalue weighted by Gasteiger charge is 2.37. The minimum Gasteiger partial charge on any atom is -0.493 e. The molecule has 0 spiro atoms. The maximum Gasteiger partial charge on any atom is 0.418 e. The van der Waals surface area contributed by atoms with E-state index in [2.05, 4.69) is 15.4 Å². The fraction of sp³-hybridized carbons (Fsp3) is 0.231. The Morgan fingerprint density at radius 3 is 2.87 bits per heavy atom. The first kappa shape index (κ1) is 14.8. The number of aromatic hydroxyl groups is 1. The molecule has 0 amide bonds. The standard InChI is InChI=1S/C13H8F3N5O2/c14-13(15,16)7-2-1-3-18-9(7)8-11(22)20-10-6(4-17)5-19-21(10)12(8)23/h1-3,6,19,22H,5H2. The zero-order chi connectivity index (χ0) is 16.8. The van der Waals surface area contributed by atoms with Crippen molar-refractivity contribution in [2.75, 3.05) is 12.0 Å². The monoisotopic (exact) mass is 323 g/mol. The van der Waals surface area contributed by atoms with Crippen LogP contribution >= 0.6 is 0 Å². The second-order valence-corrected chi connectivity index (χ2v) is 4.75. The lowest BCUT2D eigenvalue weighted by Crippen LogP contribution is -2.29. The molecule has 0 aromatic carbocycles. The number of hydrogen-bond acceptors (Lipinski definition) is 6. The highest BCUT2D eigenvalue weighted by molar-refractivity contribution is 5.67. The van der Waals surface area contributed by atoms with E-state index >= 15 is 0 Å². The van der Waals surface area contributed by atoms with Gasteiger partial charge in [-0.2, -0.15) is 23.4 Å². The fourth-order valence-electron chi connectivity index (χ4n) is 2.33. The number of rotatable bonds is 1. The van der Waals surface area contributed by atoms with Crippen LogP contribution in [-0.4, -0.2) is 26.3 Å². The van der Waals surface area contributed by atoms with E-state index in [1.165, 1.54) is 0 Å². The third-order valence-corrected chi connectivity index (χ3v) is 3.36. The summed E-state index contributed by atoms with van der Waals surface area (Å²) in [5.74, 6) is -1.73. The van der Waals surface area contributed by atoms with Gasteiger partial charge in [0.05, 0.1) is 23.9 Å². The van der Waals surface area contributed by atoms with Gasteiger partial charge in [0.1, 0.15) is 11.5 Å². The number of aromatic nitrogens is 3. The molecule has 1 aliphatic rings. The summed E-state index contributed by atoms with van der Waals surface area (Å²) in [6.07, 6.45) is -3.68. The van der Waals surface area contributed by atoms with Crippen molar-refractivity contribution in [1.29, 1.82) is 5.26 Å². The van der Waals surface area contributed by atoms with Crippen molar-refractivity contribution < 1.29 is 18.3 Å². The Kier molecular flexibility index (Phi) is 3.21. The number of nitrogens with zero attached hydrogens (tertiary/aromatic N) is 4. The number of alkyl halides is 3. The molecule has 23 heavy (non-hydrogen) atoms. The van der Waals surface area contributed by atoms with Crippen LogP contribution in [0.2, 0.25) is 0 Å². The summed E-state index contributed by atoms with van der Waals surface area (Å²) < 4.78 is 40.1. The molecule has 2 aromatic rings. The molecule has 0 radical (unpaired) electrons. The molecule has 3 rings (SSSR count). The molecule has 7 nitrogen and oxygen atoms in total. The Labute approximate surface area is 126 Å². The topological polar surface area (TPSA) is 104 Å². The molecule has 0 fully saturated rings. The summed E-state index contributed by atoms with van der Waals surface area (Å²) in [6.45, 7) is 0.0655. The van der Waals surface area contributed by atoms with Crippen LogP contribution in [0.1, 0.15) is 17.3 Å². The third kappa shape index (κ3) is 2.26. The molecule has 0 saturated carbocycles. The highest BCUT2D eigenvalue weighted by atomic mass is 19.4. The Bertz CT molecular complexity index is 885. The van der Waals surface area contributed by atoms with E-state index in [0.29, 0.717) is 0 Å². The van der Waals surface area contributed by atoms with Crippen LogP contribution in [0.5, 0.6) is 5.88 Å². The number of halogens is 3. The molecule has 0 aliphatic carbocycles.